The fraction of sp³-hybridized carbons (Fsp3) is 0.200. The highest BCUT2D eigenvalue weighted by molar-refractivity contribution is 6.05. The SMILES string of the molecule is Nc1cncc(-c2ccccc2)c1C(=O)N1CCC1. The number of nitrogen functional groups attached to an aromatic ring is 1. The van der Waals surface area contributed by atoms with Crippen LogP contribution in [0, 0.1) is 0 Å². The standard InChI is InChI=1S/C15H15N3O/c16-13-10-17-9-12(11-5-2-1-3-6-11)14(13)15(19)18-7-4-8-18/h1-3,5-6,9-10H,4,7-8,16H2. The number of benzene rings is 1. The number of carbonyl (C=O) groups is 1. The number of hydrogen-bond donors (Lipinski definition) is 1. The molecule has 1 amide bonds. The second kappa shape index (κ2) is 4.72. The van der Waals surface area contributed by atoms with Crippen LogP contribution in [-0.4, -0.2) is 28.9 Å². The van der Waals surface area contributed by atoms with Gasteiger partial charge in [-0.25, -0.2) is 0 Å². The molecule has 0 unspecified atom stereocenters. The molecule has 2 N–H and O–H groups in total. The number of hydrogen-bond acceptors (Lipinski definition) is 3. The van der Waals surface area contributed by atoms with E-state index in [1.54, 1.807) is 12.4 Å². The van der Waals surface area contributed by atoms with Gasteiger partial charge in [0, 0.05) is 24.8 Å². The summed E-state index contributed by atoms with van der Waals surface area (Å²) in [5.41, 5.74) is 8.75. The van der Waals surface area contributed by atoms with Gasteiger partial charge in [-0.05, 0) is 12.0 Å². The van der Waals surface area contributed by atoms with E-state index in [4.69, 9.17) is 5.73 Å². The fourth-order valence-electron chi connectivity index (χ4n) is 2.23. The molecule has 0 aliphatic carbocycles. The molecule has 0 atom stereocenters. The number of likely N-dealkylation sites (tertiary alicyclic amines) is 1. The van der Waals surface area contributed by atoms with Gasteiger partial charge >= 0.3 is 0 Å². The molecule has 1 aliphatic rings. The minimum atomic E-state index is 0.00463. The first kappa shape index (κ1) is 11.7. The molecule has 1 fully saturated rings. The first-order valence-corrected chi connectivity index (χ1v) is 6.35. The van der Waals surface area contributed by atoms with Crippen molar-refractivity contribution in [3.05, 3.63) is 48.3 Å². The van der Waals surface area contributed by atoms with Crippen molar-refractivity contribution in [3.63, 3.8) is 0 Å². The average Bonchev–Trinajstić information content (AvgIpc) is 2.37. The van der Waals surface area contributed by atoms with Crippen LogP contribution in [0.25, 0.3) is 11.1 Å². The van der Waals surface area contributed by atoms with E-state index in [-0.39, 0.29) is 5.91 Å². The van der Waals surface area contributed by atoms with E-state index in [0.29, 0.717) is 11.3 Å². The molecule has 3 rings (SSSR count). The topological polar surface area (TPSA) is 59.2 Å². The molecule has 0 spiro atoms. The Labute approximate surface area is 111 Å². The summed E-state index contributed by atoms with van der Waals surface area (Å²) in [6.07, 6.45) is 4.32. The van der Waals surface area contributed by atoms with Crippen LogP contribution in [0.15, 0.2) is 42.7 Å². The number of nitrogens with zero attached hydrogens (tertiary/aromatic N) is 2. The van der Waals surface area contributed by atoms with Crippen molar-refractivity contribution in [1.29, 1.82) is 0 Å². The predicted molar refractivity (Wildman–Crippen MR) is 74.6 cm³/mol. The molecule has 1 saturated heterocycles. The van der Waals surface area contributed by atoms with Gasteiger partial charge < -0.3 is 10.6 Å². The second-order valence-electron chi connectivity index (χ2n) is 4.66. The Morgan fingerprint density at radius 2 is 1.89 bits per heavy atom. The molecule has 0 bridgehead atoms. The van der Waals surface area contributed by atoms with Crippen molar-refractivity contribution in [1.82, 2.24) is 9.88 Å². The molecule has 0 radical (unpaired) electrons. The Kier molecular flexibility index (Phi) is 2.91. The van der Waals surface area contributed by atoms with Gasteiger partial charge in [-0.3, -0.25) is 9.78 Å². The third-order valence-electron chi connectivity index (χ3n) is 3.42. The predicted octanol–water partition coefficient (Wildman–Crippen LogP) is 2.18. The van der Waals surface area contributed by atoms with Crippen molar-refractivity contribution in [2.75, 3.05) is 18.8 Å². The molecule has 19 heavy (non-hydrogen) atoms. The zero-order valence-electron chi connectivity index (χ0n) is 10.5. The van der Waals surface area contributed by atoms with Crippen LogP contribution in [0.4, 0.5) is 5.69 Å². The molecule has 0 saturated carbocycles. The van der Waals surface area contributed by atoms with Gasteiger partial charge in [0.1, 0.15) is 0 Å². The molecule has 1 aromatic heterocycles. The number of amides is 1. The summed E-state index contributed by atoms with van der Waals surface area (Å²) in [6.45, 7) is 1.63. The maximum absolute atomic E-state index is 12.5. The normalized spacial score (nSPS) is 14.0. The summed E-state index contributed by atoms with van der Waals surface area (Å²) in [4.78, 5) is 18.4. The highest BCUT2D eigenvalue weighted by atomic mass is 16.2. The number of nitrogens with two attached hydrogens (primary N) is 1. The second-order valence-corrected chi connectivity index (χ2v) is 4.66. The number of rotatable bonds is 2. The zero-order chi connectivity index (χ0) is 13.2. The van der Waals surface area contributed by atoms with Crippen LogP contribution in [0.5, 0.6) is 0 Å². The van der Waals surface area contributed by atoms with E-state index < -0.39 is 0 Å². The molecular weight excluding hydrogens is 238 g/mol. The molecular formula is C15H15N3O. The zero-order valence-corrected chi connectivity index (χ0v) is 10.5. The lowest BCUT2D eigenvalue weighted by Gasteiger charge is -2.31. The Bertz CT molecular complexity index is 606. The van der Waals surface area contributed by atoms with Crippen LogP contribution in [0.3, 0.4) is 0 Å². The highest BCUT2D eigenvalue weighted by Crippen LogP contribution is 2.28. The average molecular weight is 253 g/mol. The van der Waals surface area contributed by atoms with Crippen LogP contribution in [-0.2, 0) is 0 Å². The van der Waals surface area contributed by atoms with Crippen LogP contribution >= 0.6 is 0 Å². The van der Waals surface area contributed by atoms with E-state index in [1.807, 2.05) is 35.2 Å². The number of anilines is 1. The van der Waals surface area contributed by atoms with Crippen molar-refractivity contribution >= 4 is 11.6 Å². The van der Waals surface area contributed by atoms with E-state index in [0.717, 1.165) is 30.6 Å². The summed E-state index contributed by atoms with van der Waals surface area (Å²) in [5.74, 6) is 0.00463. The smallest absolute Gasteiger partial charge is 0.256 e. The number of pyridine rings is 1. The number of carbonyl (C=O) groups excluding carboxylic acids is 1. The van der Waals surface area contributed by atoms with E-state index in [9.17, 15) is 4.79 Å². The molecule has 2 heterocycles. The van der Waals surface area contributed by atoms with E-state index in [1.165, 1.54) is 0 Å². The molecule has 2 aromatic rings. The van der Waals surface area contributed by atoms with Crippen molar-refractivity contribution in [2.24, 2.45) is 0 Å². The minimum Gasteiger partial charge on any atom is -0.397 e. The van der Waals surface area contributed by atoms with Gasteiger partial charge in [-0.2, -0.15) is 0 Å². The summed E-state index contributed by atoms with van der Waals surface area (Å²) in [6, 6.07) is 9.75. The minimum absolute atomic E-state index is 0.00463. The van der Waals surface area contributed by atoms with Gasteiger partial charge in [0.05, 0.1) is 17.4 Å². The maximum Gasteiger partial charge on any atom is 0.256 e. The highest BCUT2D eigenvalue weighted by Gasteiger charge is 2.26. The largest absolute Gasteiger partial charge is 0.397 e. The monoisotopic (exact) mass is 253 g/mol. The Morgan fingerprint density at radius 1 is 1.16 bits per heavy atom. The summed E-state index contributed by atoms with van der Waals surface area (Å²) < 4.78 is 0. The lowest BCUT2D eigenvalue weighted by atomic mass is 9.99. The summed E-state index contributed by atoms with van der Waals surface area (Å²) in [7, 11) is 0. The third-order valence-corrected chi connectivity index (χ3v) is 3.42. The quantitative estimate of drug-likeness (QED) is 0.892. The van der Waals surface area contributed by atoms with Gasteiger partial charge in [0.2, 0.25) is 0 Å². The van der Waals surface area contributed by atoms with Gasteiger partial charge in [0.15, 0.2) is 0 Å². The van der Waals surface area contributed by atoms with Crippen LogP contribution < -0.4 is 5.73 Å². The first-order chi connectivity index (χ1) is 9.27. The third kappa shape index (κ3) is 2.05. The van der Waals surface area contributed by atoms with Crippen molar-refractivity contribution < 1.29 is 4.79 Å². The molecule has 1 aliphatic heterocycles. The van der Waals surface area contributed by atoms with Gasteiger partial charge in [-0.1, -0.05) is 30.3 Å². The van der Waals surface area contributed by atoms with Crippen LogP contribution in [0.1, 0.15) is 16.8 Å². The fourth-order valence-corrected chi connectivity index (χ4v) is 2.23. The molecule has 4 heteroatoms. The lowest BCUT2D eigenvalue weighted by Crippen LogP contribution is -2.42. The Hall–Kier alpha value is -2.36. The summed E-state index contributed by atoms with van der Waals surface area (Å²) in [5, 5.41) is 0. The molecule has 1 aromatic carbocycles. The maximum atomic E-state index is 12.5. The summed E-state index contributed by atoms with van der Waals surface area (Å²) >= 11 is 0. The van der Waals surface area contributed by atoms with Crippen LogP contribution in [0.2, 0.25) is 0 Å². The number of aromatic nitrogens is 1. The first-order valence-electron chi connectivity index (χ1n) is 6.35. The Balaban J connectivity index is 2.09. The Morgan fingerprint density at radius 3 is 2.53 bits per heavy atom. The van der Waals surface area contributed by atoms with Crippen molar-refractivity contribution in [2.45, 2.75) is 6.42 Å². The lowest BCUT2D eigenvalue weighted by molar-refractivity contribution is 0.0653. The molecule has 4 nitrogen and oxygen atoms in total. The van der Waals surface area contributed by atoms with Gasteiger partial charge in [-0.15, -0.1) is 0 Å². The van der Waals surface area contributed by atoms with Crippen molar-refractivity contribution in [3.8, 4) is 11.1 Å². The van der Waals surface area contributed by atoms with Gasteiger partial charge in [0.25, 0.3) is 5.91 Å². The van der Waals surface area contributed by atoms with E-state index >= 15 is 0 Å². The molecule has 96 valence electrons. The van der Waals surface area contributed by atoms with E-state index in [2.05, 4.69) is 4.98 Å².